The first-order chi connectivity index (χ1) is 10.8. The molecule has 4 atom stereocenters. The zero-order chi connectivity index (χ0) is 16.4. The maximum Gasteiger partial charge on any atom is 0.307 e. The van der Waals surface area contributed by atoms with Crippen LogP contribution in [-0.2, 0) is 4.79 Å². The molecule has 1 aliphatic heterocycles. The lowest BCUT2D eigenvalue weighted by atomic mass is 9.51. The highest BCUT2D eigenvalue weighted by atomic mass is 35.5. The van der Waals surface area contributed by atoms with Gasteiger partial charge in [-0.25, -0.2) is 0 Å². The van der Waals surface area contributed by atoms with Crippen molar-refractivity contribution in [2.75, 3.05) is 5.32 Å². The Hall–Kier alpha value is -1.75. The van der Waals surface area contributed by atoms with Crippen LogP contribution >= 0.6 is 11.6 Å². The van der Waals surface area contributed by atoms with Gasteiger partial charge in [-0.1, -0.05) is 18.5 Å². The molecule has 3 saturated carbocycles. The predicted octanol–water partition coefficient (Wildman–Crippen LogP) is 3.10. The van der Waals surface area contributed by atoms with Gasteiger partial charge in [-0.2, -0.15) is 0 Å². The molecule has 6 heteroatoms. The molecule has 0 radical (unpaired) electrons. The van der Waals surface area contributed by atoms with Crippen LogP contribution in [-0.4, -0.2) is 22.6 Å². The molecule has 3 aliphatic carbocycles. The van der Waals surface area contributed by atoms with Crippen molar-refractivity contribution in [3.63, 3.8) is 0 Å². The third kappa shape index (κ3) is 2.06. The summed E-state index contributed by atoms with van der Waals surface area (Å²) in [6.07, 6.45) is 3.05. The molecule has 3 N–H and O–H groups in total. The summed E-state index contributed by atoms with van der Waals surface area (Å²) >= 11 is 5.99. The summed E-state index contributed by atoms with van der Waals surface area (Å²) in [5, 5.41) is 16.7. The molecule has 1 spiro atoms. The van der Waals surface area contributed by atoms with E-state index in [1.165, 1.54) is 0 Å². The summed E-state index contributed by atoms with van der Waals surface area (Å²) in [7, 11) is 0. The molecule has 1 amide bonds. The summed E-state index contributed by atoms with van der Waals surface area (Å²) in [5.41, 5.74) is 0.479. The number of aliphatic carboxylic acids is 1. The number of anilines is 1. The summed E-state index contributed by atoms with van der Waals surface area (Å²) < 4.78 is 0. The molecule has 0 saturated heterocycles. The summed E-state index contributed by atoms with van der Waals surface area (Å²) in [5.74, 6) is -1.07. The number of rotatable bonds is 1. The lowest BCUT2D eigenvalue weighted by Gasteiger charge is -2.60. The minimum Gasteiger partial charge on any atom is -0.481 e. The fourth-order valence-corrected chi connectivity index (χ4v) is 5.02. The van der Waals surface area contributed by atoms with Gasteiger partial charge in [-0.3, -0.25) is 9.59 Å². The van der Waals surface area contributed by atoms with Gasteiger partial charge in [-0.05, 0) is 49.3 Å². The molecule has 5 nitrogen and oxygen atoms in total. The Morgan fingerprint density at radius 1 is 1.39 bits per heavy atom. The smallest absolute Gasteiger partial charge is 0.307 e. The fraction of sp³-hybridized carbons (Fsp3) is 0.529. The standard InChI is InChI=1S/C17H19ClN2O3/c1-16-5-4-9(6-12(16)15(22)23)17(8-16)19-13-3-2-10(18)7-11(13)14(21)20-17/h2-3,7,9,12,19H,4-6,8H2,1H3,(H,20,21)(H,22,23)/t9-,12-,16-,17+/m1/s1. The normalized spacial score (nSPS) is 37.9. The number of carbonyl (C=O) groups excluding carboxylic acids is 1. The van der Waals surface area contributed by atoms with Crippen molar-refractivity contribution < 1.29 is 14.7 Å². The number of halogens is 1. The van der Waals surface area contributed by atoms with Crippen LogP contribution in [0.3, 0.4) is 0 Å². The van der Waals surface area contributed by atoms with Crippen LogP contribution in [0.25, 0.3) is 0 Å². The van der Waals surface area contributed by atoms with E-state index in [1.807, 2.05) is 13.0 Å². The van der Waals surface area contributed by atoms with Crippen LogP contribution in [0.1, 0.15) is 43.0 Å². The Balaban J connectivity index is 1.73. The van der Waals surface area contributed by atoms with Crippen molar-refractivity contribution in [2.24, 2.45) is 17.3 Å². The molecular formula is C17H19ClN2O3. The first kappa shape index (κ1) is 14.8. The lowest BCUT2D eigenvalue weighted by Crippen LogP contribution is -2.69. The minimum atomic E-state index is -0.721. The van der Waals surface area contributed by atoms with Crippen LogP contribution in [0.15, 0.2) is 18.2 Å². The Kier molecular flexibility index (Phi) is 2.98. The van der Waals surface area contributed by atoms with Crippen LogP contribution in [0.5, 0.6) is 0 Å². The molecule has 23 heavy (non-hydrogen) atoms. The molecule has 1 aromatic carbocycles. The van der Waals surface area contributed by atoms with E-state index in [9.17, 15) is 14.7 Å². The molecule has 3 fully saturated rings. The van der Waals surface area contributed by atoms with E-state index in [0.29, 0.717) is 23.4 Å². The van der Waals surface area contributed by atoms with Crippen molar-refractivity contribution in [1.29, 1.82) is 0 Å². The third-order valence-electron chi connectivity index (χ3n) is 6.02. The van der Waals surface area contributed by atoms with E-state index in [4.69, 9.17) is 11.6 Å². The number of amides is 1. The van der Waals surface area contributed by atoms with Crippen molar-refractivity contribution in [2.45, 2.75) is 38.3 Å². The van der Waals surface area contributed by atoms with Crippen molar-refractivity contribution >= 4 is 29.2 Å². The van der Waals surface area contributed by atoms with Gasteiger partial charge in [0.1, 0.15) is 5.66 Å². The molecule has 1 aromatic rings. The number of carboxylic acids is 1. The Labute approximate surface area is 139 Å². The summed E-state index contributed by atoms with van der Waals surface area (Å²) in [4.78, 5) is 24.2. The first-order valence-corrected chi connectivity index (χ1v) is 8.34. The van der Waals surface area contributed by atoms with Crippen LogP contribution in [0.2, 0.25) is 5.02 Å². The average molecular weight is 335 g/mol. The first-order valence-electron chi connectivity index (χ1n) is 7.96. The summed E-state index contributed by atoms with van der Waals surface area (Å²) in [6, 6.07) is 5.26. The van der Waals surface area contributed by atoms with Gasteiger partial charge in [0.2, 0.25) is 0 Å². The fourth-order valence-electron chi connectivity index (χ4n) is 4.85. The topological polar surface area (TPSA) is 78.4 Å². The van der Waals surface area contributed by atoms with Crippen LogP contribution in [0, 0.1) is 17.3 Å². The molecule has 4 aliphatic rings. The van der Waals surface area contributed by atoms with Crippen molar-refractivity contribution in [3.8, 4) is 0 Å². The maximum atomic E-state index is 12.6. The molecule has 0 unspecified atom stereocenters. The van der Waals surface area contributed by atoms with Gasteiger partial charge in [0.25, 0.3) is 5.91 Å². The number of hydrogen-bond donors (Lipinski definition) is 3. The molecular weight excluding hydrogens is 316 g/mol. The maximum absolute atomic E-state index is 12.6. The monoisotopic (exact) mass is 334 g/mol. The third-order valence-corrected chi connectivity index (χ3v) is 6.26. The molecule has 5 rings (SSSR count). The highest BCUT2D eigenvalue weighted by Crippen LogP contribution is 2.58. The second-order valence-electron chi connectivity index (χ2n) is 7.43. The second kappa shape index (κ2) is 4.63. The van der Waals surface area contributed by atoms with Gasteiger partial charge in [0.15, 0.2) is 0 Å². The largest absolute Gasteiger partial charge is 0.481 e. The van der Waals surface area contributed by atoms with E-state index >= 15 is 0 Å². The van der Waals surface area contributed by atoms with E-state index in [2.05, 4.69) is 10.6 Å². The number of carboxylic acid groups (broad SMARTS) is 1. The van der Waals surface area contributed by atoms with Gasteiger partial charge in [0, 0.05) is 16.6 Å². The minimum absolute atomic E-state index is 0.123. The molecule has 0 aromatic heterocycles. The molecule has 122 valence electrons. The van der Waals surface area contributed by atoms with Gasteiger partial charge in [-0.15, -0.1) is 0 Å². The highest BCUT2D eigenvalue weighted by Gasteiger charge is 2.60. The molecule has 1 heterocycles. The number of benzene rings is 1. The van der Waals surface area contributed by atoms with E-state index in [-0.39, 0.29) is 23.2 Å². The number of nitrogens with one attached hydrogen (secondary N) is 2. The highest BCUT2D eigenvalue weighted by molar-refractivity contribution is 6.31. The zero-order valence-corrected chi connectivity index (χ0v) is 13.6. The quantitative estimate of drug-likeness (QED) is 0.737. The zero-order valence-electron chi connectivity index (χ0n) is 12.9. The van der Waals surface area contributed by atoms with E-state index < -0.39 is 11.6 Å². The number of carbonyl (C=O) groups is 2. The Bertz CT molecular complexity index is 722. The average Bonchev–Trinajstić information content (AvgIpc) is 2.47. The van der Waals surface area contributed by atoms with Crippen LogP contribution in [0.4, 0.5) is 5.69 Å². The van der Waals surface area contributed by atoms with Crippen molar-refractivity contribution in [1.82, 2.24) is 5.32 Å². The van der Waals surface area contributed by atoms with Crippen molar-refractivity contribution in [3.05, 3.63) is 28.8 Å². The predicted molar refractivity (Wildman–Crippen MR) is 86.5 cm³/mol. The lowest BCUT2D eigenvalue weighted by molar-refractivity contribution is -0.156. The van der Waals surface area contributed by atoms with Crippen LogP contribution < -0.4 is 10.6 Å². The van der Waals surface area contributed by atoms with E-state index in [0.717, 1.165) is 18.5 Å². The van der Waals surface area contributed by atoms with Gasteiger partial charge in [0.05, 0.1) is 11.5 Å². The SMILES string of the molecule is C[C@]12CC[C@H](C[C@@H]1C(=O)O)[C@]1(C2)NC(=O)c2cc(Cl)ccc2N1. The second-order valence-corrected chi connectivity index (χ2v) is 7.87. The number of hydrogen-bond acceptors (Lipinski definition) is 3. The number of fused-ring (bicyclic) bond motifs is 3. The Morgan fingerprint density at radius 2 is 2.17 bits per heavy atom. The molecule has 2 bridgehead atoms. The Morgan fingerprint density at radius 3 is 2.87 bits per heavy atom. The van der Waals surface area contributed by atoms with E-state index in [1.54, 1.807) is 12.1 Å². The van der Waals surface area contributed by atoms with Gasteiger partial charge >= 0.3 is 5.97 Å². The van der Waals surface area contributed by atoms with Gasteiger partial charge < -0.3 is 15.7 Å². The summed E-state index contributed by atoms with van der Waals surface area (Å²) in [6.45, 7) is 2.04.